The maximum Gasteiger partial charge on any atom is 0.237 e. The van der Waals surface area contributed by atoms with Gasteiger partial charge in [-0.25, -0.2) is 0 Å². The van der Waals surface area contributed by atoms with Crippen LogP contribution in [-0.2, 0) is 23.1 Å². The fourth-order valence-electron chi connectivity index (χ4n) is 2.56. The van der Waals surface area contributed by atoms with Gasteiger partial charge in [0, 0.05) is 19.7 Å². The SMILES string of the molecule is Cn1cc(CC2CC(=O)N(c3ccccc3)C2=O)cn1. The van der Waals surface area contributed by atoms with Crippen LogP contribution in [0, 0.1) is 5.92 Å². The first-order valence-corrected chi connectivity index (χ1v) is 6.54. The van der Waals surface area contributed by atoms with Crippen LogP contribution >= 0.6 is 0 Å². The summed E-state index contributed by atoms with van der Waals surface area (Å²) in [6.45, 7) is 0. The van der Waals surface area contributed by atoms with Crippen molar-refractivity contribution in [1.29, 1.82) is 0 Å². The highest BCUT2D eigenvalue weighted by Gasteiger charge is 2.39. The fourth-order valence-corrected chi connectivity index (χ4v) is 2.56. The van der Waals surface area contributed by atoms with Crippen molar-refractivity contribution in [3.63, 3.8) is 0 Å². The van der Waals surface area contributed by atoms with Gasteiger partial charge in [-0.15, -0.1) is 0 Å². The molecule has 1 aliphatic rings. The number of rotatable bonds is 3. The number of hydrogen-bond acceptors (Lipinski definition) is 3. The molecule has 1 unspecified atom stereocenters. The van der Waals surface area contributed by atoms with Gasteiger partial charge in [0.25, 0.3) is 0 Å². The second kappa shape index (κ2) is 4.92. The van der Waals surface area contributed by atoms with Gasteiger partial charge in [0.2, 0.25) is 11.8 Å². The van der Waals surface area contributed by atoms with E-state index < -0.39 is 0 Å². The van der Waals surface area contributed by atoms with Crippen LogP contribution in [0.2, 0.25) is 0 Å². The largest absolute Gasteiger partial charge is 0.276 e. The summed E-state index contributed by atoms with van der Waals surface area (Å²) in [5.74, 6) is -0.535. The number of para-hydroxylation sites is 1. The minimum atomic E-state index is -0.285. The monoisotopic (exact) mass is 269 g/mol. The number of aromatic nitrogens is 2. The van der Waals surface area contributed by atoms with Gasteiger partial charge in [-0.05, 0) is 24.1 Å². The summed E-state index contributed by atoms with van der Waals surface area (Å²) in [6, 6.07) is 9.07. The third kappa shape index (κ3) is 2.22. The van der Waals surface area contributed by atoms with Gasteiger partial charge in [0.1, 0.15) is 0 Å². The van der Waals surface area contributed by atoms with Gasteiger partial charge in [-0.3, -0.25) is 19.2 Å². The van der Waals surface area contributed by atoms with E-state index in [0.717, 1.165) is 5.56 Å². The first-order valence-electron chi connectivity index (χ1n) is 6.54. The number of imide groups is 1. The van der Waals surface area contributed by atoms with E-state index in [9.17, 15) is 9.59 Å². The van der Waals surface area contributed by atoms with Crippen molar-refractivity contribution >= 4 is 17.5 Å². The Morgan fingerprint density at radius 3 is 2.65 bits per heavy atom. The summed E-state index contributed by atoms with van der Waals surface area (Å²) in [6.07, 6.45) is 4.44. The molecule has 1 aromatic carbocycles. The molecule has 2 heterocycles. The molecule has 1 aromatic heterocycles. The lowest BCUT2D eigenvalue weighted by atomic mass is 10.0. The van der Waals surface area contributed by atoms with Gasteiger partial charge >= 0.3 is 0 Å². The molecule has 5 heteroatoms. The summed E-state index contributed by atoms with van der Waals surface area (Å²) in [4.78, 5) is 25.8. The molecule has 0 saturated carbocycles. The Morgan fingerprint density at radius 1 is 1.25 bits per heavy atom. The Hall–Kier alpha value is -2.43. The number of anilines is 1. The predicted molar refractivity (Wildman–Crippen MR) is 74.0 cm³/mol. The maximum absolute atomic E-state index is 12.4. The molecular weight excluding hydrogens is 254 g/mol. The summed E-state index contributed by atoms with van der Waals surface area (Å²) in [7, 11) is 1.83. The van der Waals surface area contributed by atoms with Gasteiger partial charge in [-0.1, -0.05) is 18.2 Å². The average molecular weight is 269 g/mol. The normalized spacial score (nSPS) is 18.9. The molecule has 0 spiro atoms. The van der Waals surface area contributed by atoms with E-state index in [0.29, 0.717) is 12.1 Å². The highest BCUT2D eigenvalue weighted by Crippen LogP contribution is 2.28. The molecule has 1 saturated heterocycles. The van der Waals surface area contributed by atoms with E-state index in [1.54, 1.807) is 23.0 Å². The molecular formula is C15H15N3O2. The molecule has 1 fully saturated rings. The average Bonchev–Trinajstić information content (AvgIpc) is 2.96. The standard InChI is InChI=1S/C15H15N3O2/c1-17-10-11(9-16-17)7-12-8-14(19)18(15(12)20)13-5-3-2-4-6-13/h2-6,9-10,12H,7-8H2,1H3. The van der Waals surface area contributed by atoms with Crippen LogP contribution in [0.25, 0.3) is 0 Å². The minimum absolute atomic E-state index is 0.120. The molecule has 0 radical (unpaired) electrons. The van der Waals surface area contributed by atoms with Crippen LogP contribution in [0.15, 0.2) is 42.7 Å². The van der Waals surface area contributed by atoms with Crippen LogP contribution in [0.3, 0.4) is 0 Å². The first-order chi connectivity index (χ1) is 9.65. The van der Waals surface area contributed by atoms with E-state index in [1.807, 2.05) is 31.4 Å². The molecule has 0 N–H and O–H groups in total. The Labute approximate surface area is 116 Å². The molecule has 3 rings (SSSR count). The van der Waals surface area contributed by atoms with Crippen molar-refractivity contribution in [1.82, 2.24) is 9.78 Å². The topological polar surface area (TPSA) is 55.2 Å². The number of nitrogens with zero attached hydrogens (tertiary/aromatic N) is 3. The summed E-state index contributed by atoms with van der Waals surface area (Å²) < 4.78 is 1.70. The predicted octanol–water partition coefficient (Wildman–Crippen LogP) is 1.54. The number of hydrogen-bond donors (Lipinski definition) is 0. The molecule has 1 atom stereocenters. The molecule has 102 valence electrons. The van der Waals surface area contributed by atoms with Crippen molar-refractivity contribution in [2.24, 2.45) is 13.0 Å². The Balaban J connectivity index is 1.80. The van der Waals surface area contributed by atoms with Crippen LogP contribution in [0.4, 0.5) is 5.69 Å². The Bertz CT molecular complexity index is 648. The lowest BCUT2D eigenvalue weighted by Gasteiger charge is -2.14. The van der Waals surface area contributed by atoms with E-state index in [2.05, 4.69) is 5.10 Å². The van der Waals surface area contributed by atoms with Gasteiger partial charge in [0.05, 0.1) is 17.8 Å². The van der Waals surface area contributed by atoms with Crippen molar-refractivity contribution < 1.29 is 9.59 Å². The van der Waals surface area contributed by atoms with E-state index in [1.165, 1.54) is 4.90 Å². The van der Waals surface area contributed by atoms with Crippen molar-refractivity contribution in [2.75, 3.05) is 4.90 Å². The molecule has 1 aliphatic heterocycles. The van der Waals surface area contributed by atoms with Gasteiger partial charge < -0.3 is 0 Å². The van der Waals surface area contributed by atoms with Crippen LogP contribution in [-0.4, -0.2) is 21.6 Å². The summed E-state index contributed by atoms with van der Waals surface area (Å²) >= 11 is 0. The van der Waals surface area contributed by atoms with Gasteiger partial charge in [-0.2, -0.15) is 5.10 Å². The summed E-state index contributed by atoms with van der Waals surface area (Å²) in [5.41, 5.74) is 1.63. The van der Waals surface area contributed by atoms with Crippen LogP contribution in [0.1, 0.15) is 12.0 Å². The molecule has 20 heavy (non-hydrogen) atoms. The smallest absolute Gasteiger partial charge is 0.237 e. The van der Waals surface area contributed by atoms with E-state index in [4.69, 9.17) is 0 Å². The highest BCUT2D eigenvalue weighted by molar-refractivity contribution is 6.20. The van der Waals surface area contributed by atoms with Gasteiger partial charge in [0.15, 0.2) is 0 Å². The lowest BCUT2D eigenvalue weighted by Crippen LogP contribution is -2.30. The number of carbonyl (C=O) groups is 2. The zero-order chi connectivity index (χ0) is 14.1. The highest BCUT2D eigenvalue weighted by atomic mass is 16.2. The Morgan fingerprint density at radius 2 is 2.00 bits per heavy atom. The molecule has 2 aromatic rings. The number of benzene rings is 1. The lowest BCUT2D eigenvalue weighted by molar-refractivity contribution is -0.122. The number of carbonyl (C=O) groups excluding carboxylic acids is 2. The fraction of sp³-hybridized carbons (Fsp3) is 0.267. The third-order valence-electron chi connectivity index (χ3n) is 3.49. The molecule has 2 amide bonds. The van der Waals surface area contributed by atoms with E-state index in [-0.39, 0.29) is 24.2 Å². The zero-order valence-electron chi connectivity index (χ0n) is 11.2. The molecule has 0 aliphatic carbocycles. The second-order valence-electron chi connectivity index (χ2n) is 5.03. The number of amides is 2. The zero-order valence-corrected chi connectivity index (χ0v) is 11.2. The first kappa shape index (κ1) is 12.6. The molecule has 5 nitrogen and oxygen atoms in total. The minimum Gasteiger partial charge on any atom is -0.276 e. The van der Waals surface area contributed by atoms with Crippen molar-refractivity contribution in [3.8, 4) is 0 Å². The van der Waals surface area contributed by atoms with Crippen molar-refractivity contribution in [2.45, 2.75) is 12.8 Å². The second-order valence-corrected chi connectivity index (χ2v) is 5.03. The van der Waals surface area contributed by atoms with Crippen molar-refractivity contribution in [3.05, 3.63) is 48.3 Å². The van der Waals surface area contributed by atoms with E-state index >= 15 is 0 Å². The summed E-state index contributed by atoms with van der Waals surface area (Å²) in [5, 5.41) is 4.09. The van der Waals surface area contributed by atoms with Crippen LogP contribution < -0.4 is 4.90 Å². The quantitative estimate of drug-likeness (QED) is 0.794. The number of aryl methyl sites for hydroxylation is 1. The molecule has 0 bridgehead atoms. The maximum atomic E-state index is 12.4. The third-order valence-corrected chi connectivity index (χ3v) is 3.49. The van der Waals surface area contributed by atoms with Crippen LogP contribution in [0.5, 0.6) is 0 Å². The Kier molecular flexibility index (Phi) is 3.10.